The number of benzene rings is 6. The molecule has 0 N–H and O–H groups in total. The van der Waals surface area contributed by atoms with E-state index in [-0.39, 0.29) is 37.6 Å². The first-order chi connectivity index (χ1) is 20.6. The van der Waals surface area contributed by atoms with Crippen LogP contribution in [-0.4, -0.2) is 24.8 Å². The maximum atomic E-state index is 11.9. The number of hydrogen-bond acceptors (Lipinski definition) is 4. The number of carbonyl (C=O) groups is 2. The average molecular weight is 551 g/mol. The van der Waals surface area contributed by atoms with Crippen LogP contribution in [0.15, 0.2) is 122 Å². The number of carbonyl (C=O) groups excluding carboxylic acids is 2. The van der Waals surface area contributed by atoms with Gasteiger partial charge in [0.1, 0.15) is 11.5 Å². The van der Waals surface area contributed by atoms with Crippen molar-refractivity contribution in [3.8, 4) is 22.6 Å². The molecule has 0 aromatic heterocycles. The number of rotatable bonds is 11. The molecule has 0 saturated carbocycles. The van der Waals surface area contributed by atoms with Gasteiger partial charge in [-0.3, -0.25) is 9.59 Å². The number of fused-ring (bicyclic) bond motifs is 4. The second kappa shape index (κ2) is 11.7. The summed E-state index contributed by atoms with van der Waals surface area (Å²) in [5.41, 5.74) is 2.14. The smallest absolute Gasteiger partial charge is 0.158 e. The summed E-state index contributed by atoms with van der Waals surface area (Å²) < 4.78 is 12.6. The summed E-state index contributed by atoms with van der Waals surface area (Å²) in [5, 5.41) is 8.20. The van der Waals surface area contributed by atoms with Crippen LogP contribution in [0, 0.1) is 0 Å². The highest BCUT2D eigenvalue weighted by atomic mass is 16.5. The molecule has 0 saturated heterocycles. The number of hydrogen-bond donors (Lipinski definition) is 0. The highest BCUT2D eigenvalue weighted by molar-refractivity contribution is 6.16. The average Bonchev–Trinajstić information content (AvgIpc) is 3.03. The summed E-state index contributed by atoms with van der Waals surface area (Å²) in [4.78, 5) is 23.8. The summed E-state index contributed by atoms with van der Waals surface area (Å²) in [7, 11) is 0. The van der Waals surface area contributed by atoms with Gasteiger partial charge in [-0.1, -0.05) is 98.1 Å². The van der Waals surface area contributed by atoms with Crippen LogP contribution in [0.1, 0.15) is 12.8 Å². The normalized spacial score (nSPS) is 11.1. The lowest BCUT2D eigenvalue weighted by Crippen LogP contribution is -2.04. The van der Waals surface area contributed by atoms with Crippen LogP contribution in [0.5, 0.6) is 11.5 Å². The maximum absolute atomic E-state index is 11.9. The molecule has 0 heterocycles. The summed E-state index contributed by atoms with van der Waals surface area (Å²) >= 11 is 0. The van der Waals surface area contributed by atoms with Crippen molar-refractivity contribution >= 4 is 54.7 Å². The first-order valence-electron chi connectivity index (χ1n) is 14.0. The third kappa shape index (κ3) is 5.04. The Morgan fingerprint density at radius 2 is 0.929 bits per heavy atom. The van der Waals surface area contributed by atoms with Crippen LogP contribution in [0.3, 0.4) is 0 Å². The fraction of sp³-hybridized carbons (Fsp3) is 0.105. The van der Waals surface area contributed by atoms with Crippen molar-refractivity contribution in [1.82, 2.24) is 0 Å². The van der Waals surface area contributed by atoms with Crippen molar-refractivity contribution in [2.75, 3.05) is 13.2 Å². The standard InChI is InChI=1S/C38H30O4/c1-3-27(39)19-21-41-37-29-13-7-5-11-25(29)23-35-31(15-9-17-33(35)37)32-16-10-18-34-36(32)24-26-12-6-8-14-30(26)38(34)42-22-20-28(40)4-2/h3-18,23-24H,1-2,19-22H2. The molecule has 0 unspecified atom stereocenters. The van der Waals surface area contributed by atoms with Gasteiger partial charge in [-0.15, -0.1) is 0 Å². The highest BCUT2D eigenvalue weighted by Gasteiger charge is 2.17. The zero-order valence-corrected chi connectivity index (χ0v) is 23.3. The highest BCUT2D eigenvalue weighted by Crippen LogP contribution is 2.44. The fourth-order valence-electron chi connectivity index (χ4n) is 5.59. The zero-order chi connectivity index (χ0) is 29.1. The molecule has 0 atom stereocenters. The molecular weight excluding hydrogens is 520 g/mol. The van der Waals surface area contributed by atoms with E-state index in [1.54, 1.807) is 0 Å². The van der Waals surface area contributed by atoms with Crippen molar-refractivity contribution in [1.29, 1.82) is 0 Å². The van der Waals surface area contributed by atoms with Crippen LogP contribution in [-0.2, 0) is 9.59 Å². The third-order valence-electron chi connectivity index (χ3n) is 7.65. The molecule has 0 radical (unpaired) electrons. The molecule has 42 heavy (non-hydrogen) atoms. The number of ketones is 2. The molecule has 6 aromatic rings. The lowest BCUT2D eigenvalue weighted by Gasteiger charge is -2.18. The van der Waals surface area contributed by atoms with E-state index in [4.69, 9.17) is 9.47 Å². The minimum absolute atomic E-state index is 0.0462. The SMILES string of the molecule is C=CC(=O)CCOc1c2ccccc2cc2c(-c3cccc4c(OCCC(=O)C=C)c5ccccc5cc34)cccc12. The van der Waals surface area contributed by atoms with Crippen molar-refractivity contribution in [2.24, 2.45) is 0 Å². The minimum atomic E-state index is -0.0462. The van der Waals surface area contributed by atoms with Crippen LogP contribution < -0.4 is 9.47 Å². The second-order valence-corrected chi connectivity index (χ2v) is 10.2. The molecule has 6 aromatic carbocycles. The largest absolute Gasteiger partial charge is 0.492 e. The predicted molar refractivity (Wildman–Crippen MR) is 173 cm³/mol. The van der Waals surface area contributed by atoms with Gasteiger partial charge in [0.05, 0.1) is 13.2 Å². The molecule has 0 aliphatic carbocycles. The predicted octanol–water partition coefficient (Wildman–Crippen LogP) is 9.01. The lowest BCUT2D eigenvalue weighted by molar-refractivity contribution is -0.115. The van der Waals surface area contributed by atoms with E-state index >= 15 is 0 Å². The summed E-state index contributed by atoms with van der Waals surface area (Å²) in [6.45, 7) is 7.70. The van der Waals surface area contributed by atoms with Gasteiger partial charge in [0, 0.05) is 34.4 Å². The molecule has 6 rings (SSSR count). The zero-order valence-electron chi connectivity index (χ0n) is 23.3. The topological polar surface area (TPSA) is 52.6 Å². The first-order valence-corrected chi connectivity index (χ1v) is 14.0. The molecule has 0 aliphatic heterocycles. The molecular formula is C38H30O4. The maximum Gasteiger partial charge on any atom is 0.158 e. The van der Waals surface area contributed by atoms with E-state index in [1.807, 2.05) is 36.4 Å². The van der Waals surface area contributed by atoms with E-state index < -0.39 is 0 Å². The van der Waals surface area contributed by atoms with Crippen molar-refractivity contribution in [3.05, 3.63) is 122 Å². The Balaban J connectivity index is 1.56. The quantitative estimate of drug-likeness (QED) is 0.119. The van der Waals surface area contributed by atoms with Gasteiger partial charge in [0.15, 0.2) is 11.6 Å². The van der Waals surface area contributed by atoms with E-state index in [0.29, 0.717) is 0 Å². The van der Waals surface area contributed by atoms with Crippen molar-refractivity contribution in [2.45, 2.75) is 12.8 Å². The van der Waals surface area contributed by atoms with E-state index in [9.17, 15) is 9.59 Å². The van der Waals surface area contributed by atoms with Gasteiger partial charge in [0.2, 0.25) is 0 Å². The Labute approximate surface area is 244 Å². The molecule has 4 nitrogen and oxygen atoms in total. The molecule has 0 spiro atoms. The van der Waals surface area contributed by atoms with Gasteiger partial charge in [0.25, 0.3) is 0 Å². The van der Waals surface area contributed by atoms with E-state index in [1.165, 1.54) is 12.2 Å². The Kier molecular flexibility index (Phi) is 7.52. The lowest BCUT2D eigenvalue weighted by atomic mass is 9.90. The molecule has 0 amide bonds. The molecule has 0 bridgehead atoms. The van der Waals surface area contributed by atoms with Gasteiger partial charge in [-0.2, -0.15) is 0 Å². The Morgan fingerprint density at radius 1 is 0.524 bits per heavy atom. The Morgan fingerprint density at radius 3 is 1.36 bits per heavy atom. The molecule has 0 aliphatic rings. The summed E-state index contributed by atoms with van der Waals surface area (Å²) in [6.07, 6.45) is 3.21. The van der Waals surface area contributed by atoms with Crippen molar-refractivity contribution in [3.63, 3.8) is 0 Å². The van der Waals surface area contributed by atoms with Gasteiger partial charge in [-0.05, 0) is 57.0 Å². The number of ether oxygens (including phenoxy) is 2. The van der Waals surface area contributed by atoms with E-state index in [0.717, 1.165) is 65.7 Å². The van der Waals surface area contributed by atoms with Crippen LogP contribution in [0.2, 0.25) is 0 Å². The van der Waals surface area contributed by atoms with Crippen LogP contribution in [0.25, 0.3) is 54.2 Å². The summed E-state index contributed by atoms with van der Waals surface area (Å²) in [5.74, 6) is 1.44. The van der Waals surface area contributed by atoms with Gasteiger partial charge in [-0.25, -0.2) is 0 Å². The van der Waals surface area contributed by atoms with Gasteiger partial charge < -0.3 is 9.47 Å². The van der Waals surface area contributed by atoms with Crippen LogP contribution >= 0.6 is 0 Å². The monoisotopic (exact) mass is 550 g/mol. The third-order valence-corrected chi connectivity index (χ3v) is 7.65. The van der Waals surface area contributed by atoms with Gasteiger partial charge >= 0.3 is 0 Å². The number of allylic oxidation sites excluding steroid dienone is 2. The second-order valence-electron chi connectivity index (χ2n) is 10.2. The summed E-state index contributed by atoms with van der Waals surface area (Å²) in [6, 6.07) is 33.2. The molecule has 206 valence electrons. The molecule has 4 heteroatoms. The first kappa shape index (κ1) is 27.0. The fourth-order valence-corrected chi connectivity index (χ4v) is 5.59. The Hall–Kier alpha value is -5.22. The minimum Gasteiger partial charge on any atom is -0.492 e. The van der Waals surface area contributed by atoms with E-state index in [2.05, 4.69) is 73.8 Å². The Bertz CT molecular complexity index is 1870. The van der Waals surface area contributed by atoms with Crippen molar-refractivity contribution < 1.29 is 19.1 Å². The molecule has 0 fully saturated rings. The van der Waals surface area contributed by atoms with Crippen LogP contribution in [0.4, 0.5) is 0 Å².